The van der Waals surface area contributed by atoms with Crippen LogP contribution < -0.4 is 0 Å². The average molecular weight is 224 g/mol. The zero-order chi connectivity index (χ0) is 10.2. The number of rotatable bonds is 3. The SMILES string of the molecule is CSC1(Sc2ccccc2)CC1(C)C. The Bertz CT molecular complexity index is 318. The largest absolute Gasteiger partial charge is 0.147 e. The first-order valence-corrected chi connectivity index (χ1v) is 6.93. The molecule has 1 aromatic rings. The van der Waals surface area contributed by atoms with Crippen LogP contribution in [0.1, 0.15) is 20.3 Å². The minimum absolute atomic E-state index is 0.425. The lowest BCUT2D eigenvalue weighted by Crippen LogP contribution is -2.05. The third kappa shape index (κ3) is 1.70. The lowest BCUT2D eigenvalue weighted by atomic mass is 10.2. The van der Waals surface area contributed by atoms with Crippen molar-refractivity contribution in [1.82, 2.24) is 0 Å². The number of hydrogen-bond acceptors (Lipinski definition) is 2. The van der Waals surface area contributed by atoms with E-state index in [1.165, 1.54) is 11.3 Å². The van der Waals surface area contributed by atoms with E-state index in [1.807, 2.05) is 23.5 Å². The molecule has 0 aromatic heterocycles. The van der Waals surface area contributed by atoms with E-state index in [9.17, 15) is 0 Å². The number of benzene rings is 1. The summed E-state index contributed by atoms with van der Waals surface area (Å²) in [7, 11) is 0. The molecule has 0 aliphatic heterocycles. The Kier molecular flexibility index (Phi) is 2.61. The molecule has 0 spiro atoms. The minimum Gasteiger partial charge on any atom is -0.147 e. The van der Waals surface area contributed by atoms with Crippen molar-refractivity contribution in [3.05, 3.63) is 30.3 Å². The van der Waals surface area contributed by atoms with Crippen molar-refractivity contribution >= 4 is 23.5 Å². The van der Waals surface area contributed by atoms with E-state index < -0.39 is 0 Å². The molecule has 14 heavy (non-hydrogen) atoms. The van der Waals surface area contributed by atoms with Crippen molar-refractivity contribution < 1.29 is 0 Å². The normalized spacial score (nSPS) is 28.8. The van der Waals surface area contributed by atoms with Gasteiger partial charge in [-0.25, -0.2) is 0 Å². The van der Waals surface area contributed by atoms with Gasteiger partial charge in [0.15, 0.2) is 0 Å². The van der Waals surface area contributed by atoms with E-state index in [-0.39, 0.29) is 0 Å². The summed E-state index contributed by atoms with van der Waals surface area (Å²) in [6.07, 6.45) is 3.55. The van der Waals surface area contributed by atoms with Crippen LogP contribution in [0.25, 0.3) is 0 Å². The molecule has 0 nitrogen and oxygen atoms in total. The fourth-order valence-corrected chi connectivity index (χ4v) is 4.84. The van der Waals surface area contributed by atoms with Crippen LogP contribution in [0.4, 0.5) is 0 Å². The van der Waals surface area contributed by atoms with Gasteiger partial charge >= 0.3 is 0 Å². The summed E-state index contributed by atoms with van der Waals surface area (Å²) in [6.45, 7) is 4.72. The summed E-state index contributed by atoms with van der Waals surface area (Å²) in [5.41, 5.74) is 0.493. The summed E-state index contributed by atoms with van der Waals surface area (Å²) in [6, 6.07) is 10.7. The molecular formula is C12H16S2. The summed E-state index contributed by atoms with van der Waals surface area (Å²) < 4.78 is 0.425. The van der Waals surface area contributed by atoms with Crippen molar-refractivity contribution in [3.63, 3.8) is 0 Å². The summed E-state index contributed by atoms with van der Waals surface area (Å²) in [5, 5.41) is 0. The molecule has 1 aliphatic rings. The van der Waals surface area contributed by atoms with Gasteiger partial charge in [-0.05, 0) is 30.2 Å². The van der Waals surface area contributed by atoms with Gasteiger partial charge in [-0.15, -0.1) is 23.5 Å². The molecule has 1 unspecified atom stereocenters. The van der Waals surface area contributed by atoms with Crippen LogP contribution in [-0.2, 0) is 0 Å². The van der Waals surface area contributed by atoms with Crippen LogP contribution in [0.3, 0.4) is 0 Å². The number of thioether (sulfide) groups is 2. The highest BCUT2D eigenvalue weighted by Crippen LogP contribution is 2.70. The Labute approximate surface area is 94.9 Å². The van der Waals surface area contributed by atoms with Crippen LogP contribution >= 0.6 is 23.5 Å². The van der Waals surface area contributed by atoms with Crippen molar-refractivity contribution in [1.29, 1.82) is 0 Å². The van der Waals surface area contributed by atoms with E-state index in [0.717, 1.165) is 0 Å². The highest BCUT2D eigenvalue weighted by atomic mass is 32.2. The molecule has 0 amide bonds. The molecule has 2 heteroatoms. The summed E-state index contributed by atoms with van der Waals surface area (Å²) in [4.78, 5) is 1.40. The fourth-order valence-electron chi connectivity index (χ4n) is 1.78. The Morgan fingerprint density at radius 2 is 1.71 bits per heavy atom. The number of hydrogen-bond donors (Lipinski definition) is 0. The summed E-state index contributed by atoms with van der Waals surface area (Å²) in [5.74, 6) is 0. The quantitative estimate of drug-likeness (QED) is 0.703. The first-order chi connectivity index (χ1) is 6.60. The molecule has 1 aliphatic carbocycles. The monoisotopic (exact) mass is 224 g/mol. The predicted octanol–water partition coefficient (Wildman–Crippen LogP) is 4.27. The van der Waals surface area contributed by atoms with Crippen molar-refractivity contribution in [3.8, 4) is 0 Å². The maximum atomic E-state index is 2.36. The lowest BCUT2D eigenvalue weighted by molar-refractivity contribution is 0.646. The van der Waals surface area contributed by atoms with Crippen molar-refractivity contribution in [2.75, 3.05) is 6.26 Å². The minimum atomic E-state index is 0.425. The van der Waals surface area contributed by atoms with Crippen LogP contribution in [0.5, 0.6) is 0 Å². The third-order valence-electron chi connectivity index (χ3n) is 2.94. The molecule has 76 valence electrons. The molecule has 0 N–H and O–H groups in total. The van der Waals surface area contributed by atoms with Gasteiger partial charge in [-0.3, -0.25) is 0 Å². The maximum absolute atomic E-state index is 2.36. The molecule has 1 atom stereocenters. The topological polar surface area (TPSA) is 0 Å². The molecule has 0 bridgehead atoms. The van der Waals surface area contributed by atoms with E-state index in [4.69, 9.17) is 0 Å². The zero-order valence-electron chi connectivity index (χ0n) is 8.91. The molecule has 1 saturated carbocycles. The molecule has 2 rings (SSSR count). The highest BCUT2D eigenvalue weighted by molar-refractivity contribution is 8.18. The van der Waals surface area contributed by atoms with Crippen LogP contribution in [0.2, 0.25) is 0 Å². The standard InChI is InChI=1S/C12H16S2/c1-11(2)9-12(11,13-3)14-10-7-5-4-6-8-10/h4-8H,9H2,1-3H3. The Morgan fingerprint density at radius 1 is 1.14 bits per heavy atom. The van der Waals surface area contributed by atoms with Crippen LogP contribution in [0, 0.1) is 5.41 Å². The molecule has 0 heterocycles. The highest BCUT2D eigenvalue weighted by Gasteiger charge is 2.61. The van der Waals surface area contributed by atoms with Gasteiger partial charge < -0.3 is 0 Å². The maximum Gasteiger partial charge on any atom is 0.0712 e. The van der Waals surface area contributed by atoms with E-state index in [1.54, 1.807) is 0 Å². The van der Waals surface area contributed by atoms with Crippen molar-refractivity contribution in [2.24, 2.45) is 5.41 Å². The zero-order valence-corrected chi connectivity index (χ0v) is 10.5. The molecule has 0 radical (unpaired) electrons. The van der Waals surface area contributed by atoms with Crippen molar-refractivity contribution in [2.45, 2.75) is 29.2 Å². The first-order valence-electron chi connectivity index (χ1n) is 4.89. The summed E-state index contributed by atoms with van der Waals surface area (Å²) >= 11 is 4.03. The fraction of sp³-hybridized carbons (Fsp3) is 0.500. The smallest absolute Gasteiger partial charge is 0.0712 e. The third-order valence-corrected chi connectivity index (χ3v) is 6.58. The second-order valence-corrected chi connectivity index (χ2v) is 7.17. The van der Waals surface area contributed by atoms with E-state index in [2.05, 4.69) is 50.4 Å². The second kappa shape index (κ2) is 3.49. The molecule has 1 fully saturated rings. The second-order valence-electron chi connectivity index (χ2n) is 4.43. The molecular weight excluding hydrogens is 208 g/mol. The van der Waals surface area contributed by atoms with Gasteiger partial charge in [-0.2, -0.15) is 0 Å². The molecule has 1 aromatic carbocycles. The van der Waals surface area contributed by atoms with E-state index in [0.29, 0.717) is 9.49 Å². The van der Waals surface area contributed by atoms with Crippen LogP contribution in [-0.4, -0.2) is 10.3 Å². The van der Waals surface area contributed by atoms with Gasteiger partial charge in [0, 0.05) is 4.90 Å². The van der Waals surface area contributed by atoms with Gasteiger partial charge in [0.1, 0.15) is 0 Å². The Morgan fingerprint density at radius 3 is 2.14 bits per heavy atom. The van der Waals surface area contributed by atoms with E-state index >= 15 is 0 Å². The Balaban J connectivity index is 2.12. The average Bonchev–Trinajstić information content (AvgIpc) is 2.70. The molecule has 0 saturated heterocycles. The van der Waals surface area contributed by atoms with Crippen LogP contribution in [0.15, 0.2) is 35.2 Å². The van der Waals surface area contributed by atoms with Gasteiger partial charge in [0.2, 0.25) is 0 Å². The van der Waals surface area contributed by atoms with Gasteiger partial charge in [-0.1, -0.05) is 32.0 Å². The Hall–Kier alpha value is -0.0800. The predicted molar refractivity (Wildman–Crippen MR) is 66.9 cm³/mol. The van der Waals surface area contributed by atoms with Gasteiger partial charge in [0.25, 0.3) is 0 Å². The lowest BCUT2D eigenvalue weighted by Gasteiger charge is -2.17. The van der Waals surface area contributed by atoms with Gasteiger partial charge in [0.05, 0.1) is 4.08 Å². The first kappa shape index (κ1) is 10.4.